The third-order valence-electron chi connectivity index (χ3n) is 6.76. The summed E-state index contributed by atoms with van der Waals surface area (Å²) in [7, 11) is 3.80. The van der Waals surface area contributed by atoms with Gasteiger partial charge in [-0.15, -0.1) is 0 Å². The molecule has 1 heterocycles. The summed E-state index contributed by atoms with van der Waals surface area (Å²) >= 11 is 0. The number of hydrogen-bond donors (Lipinski definition) is 1. The van der Waals surface area contributed by atoms with Crippen molar-refractivity contribution >= 4 is 5.91 Å². The van der Waals surface area contributed by atoms with Gasteiger partial charge in [0, 0.05) is 45.8 Å². The maximum absolute atomic E-state index is 13.8. The number of nitrogens with zero attached hydrogens (tertiary/aromatic N) is 2. The second-order valence-corrected chi connectivity index (χ2v) is 8.68. The van der Waals surface area contributed by atoms with E-state index in [4.69, 9.17) is 4.74 Å². The van der Waals surface area contributed by atoms with E-state index in [1.165, 1.54) is 12.0 Å². The van der Waals surface area contributed by atoms with Crippen LogP contribution in [0, 0.1) is 11.8 Å². The molecule has 28 heavy (non-hydrogen) atoms. The van der Waals surface area contributed by atoms with Crippen molar-refractivity contribution in [2.45, 2.75) is 37.5 Å². The first-order valence-electron chi connectivity index (χ1n) is 10.7. The van der Waals surface area contributed by atoms with Gasteiger partial charge in [-0.25, -0.2) is 0 Å². The number of ether oxygens (including phenoxy) is 1. The normalized spacial score (nSPS) is 24.6. The molecule has 2 aliphatic rings. The maximum Gasteiger partial charge on any atom is 0.233 e. The highest BCUT2D eigenvalue weighted by molar-refractivity contribution is 5.88. The van der Waals surface area contributed by atoms with Gasteiger partial charge in [-0.3, -0.25) is 4.79 Å². The lowest BCUT2D eigenvalue weighted by atomic mass is 9.68. The monoisotopic (exact) mass is 388 g/mol. The van der Waals surface area contributed by atoms with Crippen LogP contribution in [0.25, 0.3) is 0 Å². The van der Waals surface area contributed by atoms with Gasteiger partial charge < -0.3 is 19.6 Å². The molecule has 1 amide bonds. The van der Waals surface area contributed by atoms with E-state index in [9.17, 15) is 9.90 Å². The number of benzene rings is 1. The van der Waals surface area contributed by atoms with Crippen LogP contribution in [0.5, 0.6) is 0 Å². The molecule has 1 saturated carbocycles. The standard InChI is InChI=1S/C23H36N2O3/c1-24(13-14-28-2)15-19-16-25(17-20(19)18-26)22(27)23(11-7-4-8-12-23)21-9-5-3-6-10-21/h3,5-6,9-10,19-20,26H,4,7-8,11-18H2,1-2H3/t19-,20-/m1/s1. The number of aliphatic hydroxyl groups excluding tert-OH is 1. The summed E-state index contributed by atoms with van der Waals surface area (Å²) in [5.74, 6) is 0.747. The minimum Gasteiger partial charge on any atom is -0.396 e. The molecule has 0 bridgehead atoms. The van der Waals surface area contributed by atoms with Crippen molar-refractivity contribution in [1.82, 2.24) is 9.80 Å². The average Bonchev–Trinajstić information content (AvgIpc) is 3.15. The Kier molecular flexibility index (Phi) is 7.49. The second kappa shape index (κ2) is 9.86. The molecule has 0 aromatic heterocycles. The van der Waals surface area contributed by atoms with Crippen molar-refractivity contribution in [3.8, 4) is 0 Å². The van der Waals surface area contributed by atoms with E-state index in [-0.39, 0.29) is 23.8 Å². The van der Waals surface area contributed by atoms with E-state index < -0.39 is 0 Å². The molecule has 0 unspecified atom stereocenters. The van der Waals surface area contributed by atoms with Gasteiger partial charge in [0.1, 0.15) is 0 Å². The van der Waals surface area contributed by atoms with E-state index in [0.29, 0.717) is 19.1 Å². The Morgan fingerprint density at radius 2 is 1.86 bits per heavy atom. The SMILES string of the molecule is COCCN(C)C[C@@H]1CN(C(=O)C2(c3ccccc3)CCCCC2)C[C@@H]1CO. The molecule has 156 valence electrons. The molecule has 5 nitrogen and oxygen atoms in total. The Morgan fingerprint density at radius 3 is 2.50 bits per heavy atom. The first-order valence-corrected chi connectivity index (χ1v) is 10.7. The van der Waals surface area contributed by atoms with Gasteiger partial charge in [0.15, 0.2) is 0 Å². The Morgan fingerprint density at radius 1 is 1.18 bits per heavy atom. The topological polar surface area (TPSA) is 53.0 Å². The van der Waals surface area contributed by atoms with Gasteiger partial charge in [-0.1, -0.05) is 49.6 Å². The number of aliphatic hydroxyl groups is 1. The zero-order valence-corrected chi connectivity index (χ0v) is 17.5. The lowest BCUT2D eigenvalue weighted by molar-refractivity contribution is -0.138. The van der Waals surface area contributed by atoms with E-state index >= 15 is 0 Å². The predicted molar refractivity (Wildman–Crippen MR) is 111 cm³/mol. The Labute approximate surface area is 169 Å². The molecule has 1 aromatic carbocycles. The summed E-state index contributed by atoms with van der Waals surface area (Å²) in [4.78, 5) is 18.1. The van der Waals surface area contributed by atoms with Gasteiger partial charge in [-0.05, 0) is 31.4 Å². The van der Waals surface area contributed by atoms with Crippen LogP contribution in [0.4, 0.5) is 0 Å². The molecule has 2 fully saturated rings. The maximum atomic E-state index is 13.8. The highest BCUT2D eigenvalue weighted by Crippen LogP contribution is 2.42. The molecular formula is C23H36N2O3. The average molecular weight is 389 g/mol. The predicted octanol–water partition coefficient (Wildman–Crippen LogP) is 2.53. The Balaban J connectivity index is 1.75. The summed E-state index contributed by atoms with van der Waals surface area (Å²) in [5.41, 5.74) is 0.789. The van der Waals surface area contributed by atoms with Crippen LogP contribution in [-0.4, -0.2) is 74.4 Å². The van der Waals surface area contributed by atoms with E-state index in [0.717, 1.165) is 45.3 Å². The van der Waals surface area contributed by atoms with E-state index in [2.05, 4.69) is 24.1 Å². The number of likely N-dealkylation sites (tertiary alicyclic amines) is 1. The molecule has 0 spiro atoms. The van der Waals surface area contributed by atoms with Gasteiger partial charge in [0.05, 0.1) is 12.0 Å². The molecule has 5 heteroatoms. The highest BCUT2D eigenvalue weighted by atomic mass is 16.5. The Bertz CT molecular complexity index is 616. The van der Waals surface area contributed by atoms with Crippen LogP contribution in [0.2, 0.25) is 0 Å². The lowest BCUT2D eigenvalue weighted by Crippen LogP contribution is -2.47. The smallest absolute Gasteiger partial charge is 0.233 e. The quantitative estimate of drug-likeness (QED) is 0.744. The lowest BCUT2D eigenvalue weighted by Gasteiger charge is -2.39. The molecule has 2 atom stereocenters. The first kappa shape index (κ1) is 21.3. The number of rotatable bonds is 8. The van der Waals surface area contributed by atoms with Crippen LogP contribution in [-0.2, 0) is 14.9 Å². The fourth-order valence-electron chi connectivity index (χ4n) is 5.10. The molecule has 3 rings (SSSR count). The van der Waals surface area contributed by atoms with Crippen molar-refractivity contribution in [2.24, 2.45) is 11.8 Å². The molecule has 1 N–H and O–H groups in total. The molecule has 0 radical (unpaired) electrons. The molecule has 1 aromatic rings. The molecule has 1 aliphatic heterocycles. The summed E-state index contributed by atoms with van der Waals surface area (Å²) in [6.07, 6.45) is 5.32. The molecular weight excluding hydrogens is 352 g/mol. The van der Waals surface area contributed by atoms with Crippen LogP contribution in [0.1, 0.15) is 37.7 Å². The minimum atomic E-state index is -0.379. The van der Waals surface area contributed by atoms with Crippen LogP contribution in [0.15, 0.2) is 30.3 Å². The summed E-state index contributed by atoms with van der Waals surface area (Å²) in [5, 5.41) is 9.94. The number of carbonyl (C=O) groups is 1. The van der Waals surface area contributed by atoms with Gasteiger partial charge in [0.2, 0.25) is 5.91 Å². The van der Waals surface area contributed by atoms with Crippen molar-refractivity contribution in [1.29, 1.82) is 0 Å². The third-order valence-corrected chi connectivity index (χ3v) is 6.76. The molecule has 1 aliphatic carbocycles. The highest BCUT2D eigenvalue weighted by Gasteiger charge is 2.46. The third kappa shape index (κ3) is 4.58. The van der Waals surface area contributed by atoms with Crippen molar-refractivity contribution < 1.29 is 14.6 Å². The number of hydrogen-bond acceptors (Lipinski definition) is 4. The Hall–Kier alpha value is -1.43. The van der Waals surface area contributed by atoms with Crippen molar-refractivity contribution in [2.75, 3.05) is 53.6 Å². The second-order valence-electron chi connectivity index (χ2n) is 8.68. The van der Waals surface area contributed by atoms with Crippen molar-refractivity contribution in [3.05, 3.63) is 35.9 Å². The zero-order chi connectivity index (χ0) is 20.0. The fourth-order valence-corrected chi connectivity index (χ4v) is 5.10. The van der Waals surface area contributed by atoms with Gasteiger partial charge in [0.25, 0.3) is 0 Å². The number of methoxy groups -OCH3 is 1. The first-order chi connectivity index (χ1) is 13.6. The fraction of sp³-hybridized carbons (Fsp3) is 0.696. The van der Waals surface area contributed by atoms with E-state index in [1.54, 1.807) is 7.11 Å². The number of amides is 1. The zero-order valence-electron chi connectivity index (χ0n) is 17.5. The summed E-state index contributed by atoms with van der Waals surface area (Å²) < 4.78 is 5.18. The summed E-state index contributed by atoms with van der Waals surface area (Å²) in [6, 6.07) is 10.4. The van der Waals surface area contributed by atoms with Gasteiger partial charge >= 0.3 is 0 Å². The van der Waals surface area contributed by atoms with Crippen LogP contribution in [0.3, 0.4) is 0 Å². The molecule has 1 saturated heterocycles. The summed E-state index contributed by atoms with van der Waals surface area (Å²) in [6.45, 7) is 4.02. The number of carbonyl (C=O) groups excluding carboxylic acids is 1. The number of likely N-dealkylation sites (N-methyl/N-ethyl adjacent to an activating group) is 1. The van der Waals surface area contributed by atoms with Crippen LogP contribution >= 0.6 is 0 Å². The van der Waals surface area contributed by atoms with Crippen molar-refractivity contribution in [3.63, 3.8) is 0 Å². The van der Waals surface area contributed by atoms with Crippen LogP contribution < -0.4 is 0 Å². The minimum absolute atomic E-state index is 0.144. The van der Waals surface area contributed by atoms with Gasteiger partial charge in [-0.2, -0.15) is 0 Å². The van der Waals surface area contributed by atoms with E-state index in [1.807, 2.05) is 23.1 Å². The largest absolute Gasteiger partial charge is 0.396 e.